The summed E-state index contributed by atoms with van der Waals surface area (Å²) in [7, 11) is 0. The molecular formula is C13H11N2O+. The van der Waals surface area contributed by atoms with Gasteiger partial charge in [-0.25, -0.2) is 9.97 Å². The average Bonchev–Trinajstić information content (AvgIpc) is 2.72. The number of nitrogens with one attached hydrogen (secondary N) is 2. The molecule has 0 aliphatic rings. The lowest BCUT2D eigenvalue weighted by molar-refractivity contribution is -0.330. The molecule has 0 saturated heterocycles. The fourth-order valence-corrected chi connectivity index (χ4v) is 1.81. The summed E-state index contributed by atoms with van der Waals surface area (Å²) in [6.07, 6.45) is 0. The Labute approximate surface area is 92.4 Å². The van der Waals surface area contributed by atoms with Gasteiger partial charge in [-0.05, 0) is 30.3 Å². The van der Waals surface area contributed by atoms with Crippen molar-refractivity contribution < 1.29 is 10.1 Å². The van der Waals surface area contributed by atoms with Crippen molar-refractivity contribution in [3.05, 3.63) is 48.5 Å². The number of aromatic nitrogens is 2. The monoisotopic (exact) mass is 211 g/mol. The molecule has 0 spiro atoms. The molecule has 3 heteroatoms. The molecule has 3 nitrogen and oxygen atoms in total. The first-order chi connectivity index (χ1) is 7.83. The van der Waals surface area contributed by atoms with Gasteiger partial charge in [-0.1, -0.05) is 18.2 Å². The minimum absolute atomic E-state index is 0.268. The van der Waals surface area contributed by atoms with Crippen LogP contribution in [0, 0.1) is 0 Å². The number of para-hydroxylation sites is 2. The minimum atomic E-state index is 0.268. The number of imidazole rings is 1. The van der Waals surface area contributed by atoms with Crippen LogP contribution in [0.3, 0.4) is 0 Å². The van der Waals surface area contributed by atoms with Gasteiger partial charge in [0.2, 0.25) is 0 Å². The second-order valence-electron chi connectivity index (χ2n) is 3.72. The summed E-state index contributed by atoms with van der Waals surface area (Å²) in [5, 5.41) is 9.42. The number of aromatic amines is 2. The zero-order valence-corrected chi connectivity index (χ0v) is 8.57. The Kier molecular flexibility index (Phi) is 1.90. The standard InChI is InChI=1S/C13H10N2O/c16-10-5-3-4-9(8-10)13-14-11-6-1-2-7-12(11)15-13/h1-8,16H,(H,14,15)/p+1. The summed E-state index contributed by atoms with van der Waals surface area (Å²) in [5.74, 6) is 1.17. The van der Waals surface area contributed by atoms with Crippen molar-refractivity contribution in [2.45, 2.75) is 0 Å². The number of aromatic hydroxyl groups is 1. The van der Waals surface area contributed by atoms with E-state index in [2.05, 4.69) is 9.97 Å². The Morgan fingerprint density at radius 3 is 2.69 bits per heavy atom. The third-order valence-corrected chi connectivity index (χ3v) is 2.58. The molecule has 0 aliphatic heterocycles. The molecule has 3 aromatic rings. The highest BCUT2D eigenvalue weighted by molar-refractivity contribution is 5.74. The zero-order chi connectivity index (χ0) is 11.0. The molecule has 78 valence electrons. The Morgan fingerprint density at radius 1 is 1.00 bits per heavy atom. The SMILES string of the molecule is Oc1cccc(-c2[nH]c3ccccc3[nH+]2)c1. The van der Waals surface area contributed by atoms with E-state index in [1.165, 1.54) is 0 Å². The quantitative estimate of drug-likeness (QED) is 0.637. The van der Waals surface area contributed by atoms with Gasteiger partial charge < -0.3 is 5.11 Å². The maximum absolute atomic E-state index is 9.42. The molecule has 0 saturated carbocycles. The van der Waals surface area contributed by atoms with E-state index in [1.54, 1.807) is 12.1 Å². The second-order valence-corrected chi connectivity index (χ2v) is 3.72. The smallest absolute Gasteiger partial charge is 0.285 e. The highest BCUT2D eigenvalue weighted by atomic mass is 16.3. The van der Waals surface area contributed by atoms with E-state index >= 15 is 0 Å². The molecule has 3 N–H and O–H groups in total. The maximum Gasteiger partial charge on any atom is 0.285 e. The number of H-pyrrole nitrogens is 2. The second kappa shape index (κ2) is 3.38. The molecule has 1 aromatic heterocycles. The Balaban J connectivity index is 2.19. The summed E-state index contributed by atoms with van der Waals surface area (Å²) in [6, 6.07) is 15.1. The lowest BCUT2D eigenvalue weighted by Gasteiger charge is -1.92. The maximum atomic E-state index is 9.42. The molecule has 0 atom stereocenters. The largest absolute Gasteiger partial charge is 0.508 e. The van der Waals surface area contributed by atoms with Crippen molar-refractivity contribution >= 4 is 11.0 Å². The lowest BCUT2D eigenvalue weighted by atomic mass is 10.2. The summed E-state index contributed by atoms with van der Waals surface area (Å²) in [6.45, 7) is 0. The van der Waals surface area contributed by atoms with Crippen LogP contribution in [-0.4, -0.2) is 10.1 Å². The first-order valence-corrected chi connectivity index (χ1v) is 5.12. The predicted octanol–water partition coefficient (Wildman–Crippen LogP) is 2.35. The van der Waals surface area contributed by atoms with Gasteiger partial charge in [-0.2, -0.15) is 0 Å². The molecule has 0 bridgehead atoms. The van der Waals surface area contributed by atoms with Gasteiger partial charge in [0.15, 0.2) is 11.0 Å². The normalized spacial score (nSPS) is 10.8. The Morgan fingerprint density at radius 2 is 1.88 bits per heavy atom. The van der Waals surface area contributed by atoms with Crippen molar-refractivity contribution in [2.75, 3.05) is 0 Å². The van der Waals surface area contributed by atoms with Gasteiger partial charge in [0.1, 0.15) is 5.75 Å². The summed E-state index contributed by atoms with van der Waals surface area (Å²) in [4.78, 5) is 6.54. The summed E-state index contributed by atoms with van der Waals surface area (Å²) >= 11 is 0. The van der Waals surface area contributed by atoms with E-state index in [0.29, 0.717) is 0 Å². The van der Waals surface area contributed by atoms with Crippen LogP contribution >= 0.6 is 0 Å². The first kappa shape index (κ1) is 8.97. The van der Waals surface area contributed by atoms with Gasteiger partial charge in [0.05, 0.1) is 5.56 Å². The lowest BCUT2D eigenvalue weighted by Crippen LogP contribution is -2.01. The fourth-order valence-electron chi connectivity index (χ4n) is 1.81. The third kappa shape index (κ3) is 1.42. The van der Waals surface area contributed by atoms with Crippen LogP contribution < -0.4 is 4.98 Å². The highest BCUT2D eigenvalue weighted by Gasteiger charge is 2.11. The first-order valence-electron chi connectivity index (χ1n) is 5.12. The van der Waals surface area contributed by atoms with Crippen LogP contribution in [0.25, 0.3) is 22.4 Å². The summed E-state index contributed by atoms with van der Waals surface area (Å²) in [5.41, 5.74) is 3.05. The molecule has 2 aromatic carbocycles. The van der Waals surface area contributed by atoms with E-state index < -0.39 is 0 Å². The van der Waals surface area contributed by atoms with Gasteiger partial charge in [0, 0.05) is 0 Å². The molecule has 0 unspecified atom stereocenters. The fraction of sp³-hybridized carbons (Fsp3) is 0. The molecule has 0 fully saturated rings. The van der Waals surface area contributed by atoms with E-state index in [4.69, 9.17) is 0 Å². The molecule has 16 heavy (non-hydrogen) atoms. The number of hydrogen-bond donors (Lipinski definition) is 2. The molecular weight excluding hydrogens is 200 g/mol. The van der Waals surface area contributed by atoms with Gasteiger partial charge in [0.25, 0.3) is 5.82 Å². The molecule has 0 aliphatic carbocycles. The van der Waals surface area contributed by atoms with E-state index in [1.807, 2.05) is 36.4 Å². The summed E-state index contributed by atoms with van der Waals surface area (Å²) < 4.78 is 0. The van der Waals surface area contributed by atoms with Crippen molar-refractivity contribution in [3.8, 4) is 17.1 Å². The van der Waals surface area contributed by atoms with Crippen LogP contribution in [0.2, 0.25) is 0 Å². The number of rotatable bonds is 1. The molecule has 1 heterocycles. The number of phenolic OH excluding ortho intramolecular Hbond substituents is 1. The highest BCUT2D eigenvalue weighted by Crippen LogP contribution is 2.20. The third-order valence-electron chi connectivity index (χ3n) is 2.58. The van der Waals surface area contributed by atoms with E-state index in [9.17, 15) is 5.11 Å². The molecule has 0 amide bonds. The van der Waals surface area contributed by atoms with Crippen LogP contribution in [0.5, 0.6) is 5.75 Å². The van der Waals surface area contributed by atoms with E-state index in [0.717, 1.165) is 22.4 Å². The zero-order valence-electron chi connectivity index (χ0n) is 8.57. The van der Waals surface area contributed by atoms with Gasteiger partial charge in [-0.3, -0.25) is 0 Å². The molecule has 0 radical (unpaired) electrons. The van der Waals surface area contributed by atoms with Crippen molar-refractivity contribution in [1.29, 1.82) is 0 Å². The Hall–Kier alpha value is -2.29. The van der Waals surface area contributed by atoms with Gasteiger partial charge in [-0.15, -0.1) is 0 Å². The number of fused-ring (bicyclic) bond motifs is 1. The van der Waals surface area contributed by atoms with Crippen LogP contribution in [0.4, 0.5) is 0 Å². The number of benzene rings is 2. The number of hydrogen-bond acceptors (Lipinski definition) is 1. The van der Waals surface area contributed by atoms with Crippen LogP contribution in [0.1, 0.15) is 0 Å². The molecule has 3 rings (SSSR count). The van der Waals surface area contributed by atoms with Crippen molar-refractivity contribution in [1.82, 2.24) is 4.98 Å². The van der Waals surface area contributed by atoms with Crippen LogP contribution in [-0.2, 0) is 0 Å². The Bertz CT molecular complexity index is 610. The van der Waals surface area contributed by atoms with E-state index in [-0.39, 0.29) is 5.75 Å². The van der Waals surface area contributed by atoms with Crippen LogP contribution in [0.15, 0.2) is 48.5 Å². The van der Waals surface area contributed by atoms with Crippen molar-refractivity contribution in [2.24, 2.45) is 0 Å². The van der Waals surface area contributed by atoms with Gasteiger partial charge >= 0.3 is 0 Å². The predicted molar refractivity (Wildman–Crippen MR) is 62.0 cm³/mol. The van der Waals surface area contributed by atoms with Crippen molar-refractivity contribution in [3.63, 3.8) is 0 Å². The minimum Gasteiger partial charge on any atom is -0.508 e. The average molecular weight is 211 g/mol. The number of phenols is 1. The topological polar surface area (TPSA) is 50.2 Å².